The van der Waals surface area contributed by atoms with E-state index in [1.165, 1.54) is 0 Å². The summed E-state index contributed by atoms with van der Waals surface area (Å²) in [5.74, 6) is -0.912. The van der Waals surface area contributed by atoms with Crippen LogP contribution in [0.25, 0.3) is 0 Å². The number of halogens is 2. The number of rotatable bonds is 3. The van der Waals surface area contributed by atoms with Crippen molar-refractivity contribution in [3.8, 4) is 6.07 Å². The molecule has 0 radical (unpaired) electrons. The third-order valence-corrected chi connectivity index (χ3v) is 2.50. The normalized spacial score (nSPS) is 9.83. The van der Waals surface area contributed by atoms with Crippen LogP contribution < -0.4 is 5.32 Å². The van der Waals surface area contributed by atoms with Gasteiger partial charge < -0.3 is 5.32 Å². The van der Waals surface area contributed by atoms with E-state index in [1.807, 2.05) is 6.07 Å². The molecule has 1 N–H and O–H groups in total. The molecule has 0 saturated carbocycles. The van der Waals surface area contributed by atoms with Crippen LogP contribution in [0.15, 0.2) is 42.5 Å². The van der Waals surface area contributed by atoms with Gasteiger partial charge in [-0.05, 0) is 42.5 Å². The van der Waals surface area contributed by atoms with Gasteiger partial charge in [-0.3, -0.25) is 0 Å². The van der Waals surface area contributed by atoms with Crippen molar-refractivity contribution in [2.75, 3.05) is 5.32 Å². The van der Waals surface area contributed by atoms with Crippen molar-refractivity contribution in [2.45, 2.75) is 6.54 Å². The molecular formula is C14H10F2N2. The molecule has 90 valence electrons. The molecule has 0 aliphatic rings. The summed E-state index contributed by atoms with van der Waals surface area (Å²) in [4.78, 5) is 0. The SMILES string of the molecule is N#Cc1ccc(NCc2cc(F)ccc2F)cc1. The predicted molar refractivity (Wildman–Crippen MR) is 64.8 cm³/mol. The van der Waals surface area contributed by atoms with E-state index in [2.05, 4.69) is 5.32 Å². The van der Waals surface area contributed by atoms with Crippen LogP contribution in [-0.4, -0.2) is 0 Å². The first-order valence-electron chi connectivity index (χ1n) is 5.37. The molecule has 0 aliphatic heterocycles. The van der Waals surface area contributed by atoms with Gasteiger partial charge in [-0.1, -0.05) is 0 Å². The van der Waals surface area contributed by atoms with Gasteiger partial charge in [0.05, 0.1) is 11.6 Å². The van der Waals surface area contributed by atoms with Gasteiger partial charge in [0, 0.05) is 17.8 Å². The van der Waals surface area contributed by atoms with Gasteiger partial charge in [-0.2, -0.15) is 5.26 Å². The first kappa shape index (κ1) is 12.1. The van der Waals surface area contributed by atoms with E-state index in [-0.39, 0.29) is 12.1 Å². The number of benzene rings is 2. The van der Waals surface area contributed by atoms with Crippen LogP contribution in [0.5, 0.6) is 0 Å². The van der Waals surface area contributed by atoms with Crippen molar-refractivity contribution in [2.24, 2.45) is 0 Å². The Morgan fingerprint density at radius 2 is 1.78 bits per heavy atom. The smallest absolute Gasteiger partial charge is 0.128 e. The van der Waals surface area contributed by atoms with Crippen LogP contribution in [0.3, 0.4) is 0 Å². The maximum Gasteiger partial charge on any atom is 0.128 e. The maximum absolute atomic E-state index is 13.3. The lowest BCUT2D eigenvalue weighted by atomic mass is 10.2. The molecule has 2 nitrogen and oxygen atoms in total. The Morgan fingerprint density at radius 3 is 2.44 bits per heavy atom. The van der Waals surface area contributed by atoms with Crippen molar-refractivity contribution in [1.82, 2.24) is 0 Å². The highest BCUT2D eigenvalue weighted by Gasteiger charge is 2.03. The van der Waals surface area contributed by atoms with Crippen LogP contribution in [0, 0.1) is 23.0 Å². The maximum atomic E-state index is 13.3. The molecule has 0 aromatic heterocycles. The number of nitrogens with zero attached hydrogens (tertiary/aromatic N) is 1. The van der Waals surface area contributed by atoms with Crippen LogP contribution in [0.1, 0.15) is 11.1 Å². The molecule has 0 atom stereocenters. The molecule has 18 heavy (non-hydrogen) atoms. The minimum Gasteiger partial charge on any atom is -0.381 e. The minimum absolute atomic E-state index is 0.190. The summed E-state index contributed by atoms with van der Waals surface area (Å²) in [6.45, 7) is 0.190. The zero-order valence-corrected chi connectivity index (χ0v) is 9.45. The summed E-state index contributed by atoms with van der Waals surface area (Å²) in [5.41, 5.74) is 1.56. The number of nitrogens with one attached hydrogen (secondary N) is 1. The Balaban J connectivity index is 2.07. The Bertz CT molecular complexity index is 586. The first-order chi connectivity index (χ1) is 8.69. The van der Waals surface area contributed by atoms with E-state index < -0.39 is 11.6 Å². The van der Waals surface area contributed by atoms with E-state index in [4.69, 9.17) is 5.26 Å². The van der Waals surface area contributed by atoms with Crippen LogP contribution in [0.2, 0.25) is 0 Å². The lowest BCUT2D eigenvalue weighted by molar-refractivity contribution is 0.587. The molecule has 2 aromatic rings. The standard InChI is InChI=1S/C14H10F2N2/c15-12-3-6-14(16)11(7-12)9-18-13-4-1-10(8-17)2-5-13/h1-7,18H,9H2. The number of nitriles is 1. The van der Waals surface area contributed by atoms with E-state index in [1.54, 1.807) is 24.3 Å². The van der Waals surface area contributed by atoms with Gasteiger partial charge in [0.25, 0.3) is 0 Å². The molecule has 0 spiro atoms. The molecule has 0 saturated heterocycles. The van der Waals surface area contributed by atoms with Gasteiger partial charge in [0.2, 0.25) is 0 Å². The molecule has 0 fully saturated rings. The van der Waals surface area contributed by atoms with Crippen molar-refractivity contribution >= 4 is 5.69 Å². The third kappa shape index (κ3) is 2.83. The van der Waals surface area contributed by atoms with Crippen molar-refractivity contribution in [3.05, 3.63) is 65.2 Å². The Morgan fingerprint density at radius 1 is 1.06 bits per heavy atom. The summed E-state index contributed by atoms with van der Waals surface area (Å²) >= 11 is 0. The monoisotopic (exact) mass is 244 g/mol. The second-order valence-electron chi connectivity index (χ2n) is 3.78. The van der Waals surface area contributed by atoms with Gasteiger partial charge >= 0.3 is 0 Å². The largest absolute Gasteiger partial charge is 0.381 e. The molecule has 2 rings (SSSR count). The Hall–Kier alpha value is -2.41. The molecule has 4 heteroatoms. The average Bonchev–Trinajstić information content (AvgIpc) is 2.40. The van der Waals surface area contributed by atoms with E-state index in [9.17, 15) is 8.78 Å². The van der Waals surface area contributed by atoms with Gasteiger partial charge in [0.1, 0.15) is 11.6 Å². The zero-order valence-electron chi connectivity index (χ0n) is 9.45. The van der Waals surface area contributed by atoms with E-state index in [0.717, 1.165) is 23.9 Å². The molecule has 0 bridgehead atoms. The molecule has 2 aromatic carbocycles. The number of hydrogen-bond donors (Lipinski definition) is 1. The molecule has 0 unspecified atom stereocenters. The topological polar surface area (TPSA) is 35.8 Å². The fourth-order valence-electron chi connectivity index (χ4n) is 1.54. The van der Waals surface area contributed by atoms with Crippen molar-refractivity contribution in [3.63, 3.8) is 0 Å². The Kier molecular flexibility index (Phi) is 3.54. The third-order valence-electron chi connectivity index (χ3n) is 2.50. The van der Waals surface area contributed by atoms with Gasteiger partial charge in [-0.15, -0.1) is 0 Å². The van der Waals surface area contributed by atoms with Crippen molar-refractivity contribution in [1.29, 1.82) is 5.26 Å². The number of hydrogen-bond acceptors (Lipinski definition) is 2. The molecule has 0 heterocycles. The number of anilines is 1. The summed E-state index contributed by atoms with van der Waals surface area (Å²) in [6.07, 6.45) is 0. The van der Waals surface area contributed by atoms with Crippen LogP contribution in [0.4, 0.5) is 14.5 Å². The summed E-state index contributed by atoms with van der Waals surface area (Å²) in [7, 11) is 0. The Labute approximate surface area is 103 Å². The summed E-state index contributed by atoms with van der Waals surface area (Å²) < 4.78 is 26.3. The second kappa shape index (κ2) is 5.28. The highest BCUT2D eigenvalue weighted by atomic mass is 19.1. The zero-order chi connectivity index (χ0) is 13.0. The highest BCUT2D eigenvalue weighted by molar-refractivity contribution is 5.47. The fraction of sp³-hybridized carbons (Fsp3) is 0.0714. The molecular weight excluding hydrogens is 234 g/mol. The fourth-order valence-corrected chi connectivity index (χ4v) is 1.54. The second-order valence-corrected chi connectivity index (χ2v) is 3.78. The first-order valence-corrected chi connectivity index (χ1v) is 5.37. The van der Waals surface area contributed by atoms with Gasteiger partial charge in [0.15, 0.2) is 0 Å². The van der Waals surface area contributed by atoms with Gasteiger partial charge in [-0.25, -0.2) is 8.78 Å². The highest BCUT2D eigenvalue weighted by Crippen LogP contribution is 2.14. The van der Waals surface area contributed by atoms with Crippen LogP contribution in [-0.2, 0) is 6.54 Å². The predicted octanol–water partition coefficient (Wildman–Crippen LogP) is 3.45. The van der Waals surface area contributed by atoms with E-state index >= 15 is 0 Å². The summed E-state index contributed by atoms with van der Waals surface area (Å²) in [6, 6.07) is 12.1. The lowest BCUT2D eigenvalue weighted by Crippen LogP contribution is -2.02. The molecule has 0 aliphatic carbocycles. The summed E-state index contributed by atoms with van der Waals surface area (Å²) in [5, 5.41) is 11.6. The van der Waals surface area contributed by atoms with E-state index in [0.29, 0.717) is 5.56 Å². The average molecular weight is 244 g/mol. The van der Waals surface area contributed by atoms with Crippen LogP contribution >= 0.6 is 0 Å². The minimum atomic E-state index is -0.465. The van der Waals surface area contributed by atoms with Crippen molar-refractivity contribution < 1.29 is 8.78 Å². The quantitative estimate of drug-likeness (QED) is 0.897. The lowest BCUT2D eigenvalue weighted by Gasteiger charge is -2.07. The molecule has 0 amide bonds.